The van der Waals surface area contributed by atoms with Crippen LogP contribution in [-0.4, -0.2) is 35.3 Å². The minimum absolute atomic E-state index is 0.103. The third-order valence-corrected chi connectivity index (χ3v) is 5.01. The average Bonchev–Trinajstić information content (AvgIpc) is 3.46. The predicted octanol–water partition coefficient (Wildman–Crippen LogP) is 3.43. The molecule has 2 heterocycles. The van der Waals surface area contributed by atoms with Gasteiger partial charge in [0.15, 0.2) is 0 Å². The van der Waals surface area contributed by atoms with Crippen molar-refractivity contribution in [1.29, 1.82) is 0 Å². The van der Waals surface area contributed by atoms with Crippen LogP contribution < -0.4 is 14.8 Å². The summed E-state index contributed by atoms with van der Waals surface area (Å²) in [6, 6.07) is 9.88. The van der Waals surface area contributed by atoms with Gasteiger partial charge < -0.3 is 19.9 Å². The van der Waals surface area contributed by atoms with Gasteiger partial charge in [-0.1, -0.05) is 13.0 Å². The van der Waals surface area contributed by atoms with Crippen molar-refractivity contribution in [2.45, 2.75) is 25.9 Å². The number of hydrogen-bond acceptors (Lipinski definition) is 5. The Bertz CT molecular complexity index is 806. The summed E-state index contributed by atoms with van der Waals surface area (Å²) in [5, 5.41) is 12.3. The van der Waals surface area contributed by atoms with Crippen molar-refractivity contribution in [3.05, 3.63) is 36.5 Å². The van der Waals surface area contributed by atoms with Crippen molar-refractivity contribution in [3.63, 3.8) is 0 Å². The summed E-state index contributed by atoms with van der Waals surface area (Å²) in [5.41, 5.74) is 3.04. The third kappa shape index (κ3) is 3.45. The van der Waals surface area contributed by atoms with Gasteiger partial charge in [0.2, 0.25) is 5.88 Å². The highest BCUT2D eigenvalue weighted by atomic mass is 16.5. The Morgan fingerprint density at radius 1 is 1.35 bits per heavy atom. The Labute approximate surface area is 152 Å². The fourth-order valence-electron chi connectivity index (χ4n) is 3.18. The zero-order valence-electron chi connectivity index (χ0n) is 14.6. The number of carboxylic acids is 1. The topological polar surface area (TPSA) is 80.7 Å². The Morgan fingerprint density at radius 3 is 2.88 bits per heavy atom. The Kier molecular flexibility index (Phi) is 4.41. The number of hydrogen-bond donors (Lipinski definition) is 2. The maximum atomic E-state index is 10.8. The van der Waals surface area contributed by atoms with Crippen LogP contribution in [0.3, 0.4) is 0 Å². The fraction of sp³-hybridized carbons (Fsp3) is 0.400. The van der Waals surface area contributed by atoms with Gasteiger partial charge in [-0.05, 0) is 36.6 Å². The van der Waals surface area contributed by atoms with Crippen LogP contribution >= 0.6 is 0 Å². The summed E-state index contributed by atoms with van der Waals surface area (Å²) >= 11 is 0. The predicted molar refractivity (Wildman–Crippen MR) is 97.6 cm³/mol. The second kappa shape index (κ2) is 6.86. The SMILES string of the molecule is CCC1CNc2ccc(-c3ccc(OCC4CC4C(=O)O)nc3)cc2O1. The van der Waals surface area contributed by atoms with Gasteiger partial charge in [0, 0.05) is 23.7 Å². The van der Waals surface area contributed by atoms with Gasteiger partial charge in [-0.25, -0.2) is 4.98 Å². The number of nitrogens with zero attached hydrogens (tertiary/aromatic N) is 1. The van der Waals surface area contributed by atoms with E-state index in [1.54, 1.807) is 6.20 Å². The molecule has 1 aliphatic heterocycles. The van der Waals surface area contributed by atoms with E-state index in [-0.39, 0.29) is 17.9 Å². The molecule has 2 N–H and O–H groups in total. The van der Waals surface area contributed by atoms with E-state index in [1.807, 2.05) is 30.3 Å². The first kappa shape index (κ1) is 16.7. The van der Waals surface area contributed by atoms with Gasteiger partial charge in [-0.2, -0.15) is 0 Å². The van der Waals surface area contributed by atoms with Crippen LogP contribution in [0.15, 0.2) is 36.5 Å². The van der Waals surface area contributed by atoms with Crippen molar-refractivity contribution in [2.75, 3.05) is 18.5 Å². The summed E-state index contributed by atoms with van der Waals surface area (Å²) in [4.78, 5) is 15.2. The molecule has 1 fully saturated rings. The number of anilines is 1. The van der Waals surface area contributed by atoms with E-state index in [2.05, 4.69) is 17.2 Å². The van der Waals surface area contributed by atoms with E-state index in [9.17, 15) is 4.79 Å². The monoisotopic (exact) mass is 354 g/mol. The number of pyridine rings is 1. The number of benzene rings is 1. The molecule has 0 spiro atoms. The van der Waals surface area contributed by atoms with Crippen LogP contribution in [0.4, 0.5) is 5.69 Å². The number of carboxylic acid groups (broad SMARTS) is 1. The highest BCUT2D eigenvalue weighted by Gasteiger charge is 2.43. The lowest BCUT2D eigenvalue weighted by atomic mass is 10.1. The smallest absolute Gasteiger partial charge is 0.306 e. The zero-order valence-corrected chi connectivity index (χ0v) is 14.6. The summed E-state index contributed by atoms with van der Waals surface area (Å²) in [6.45, 7) is 3.35. The van der Waals surface area contributed by atoms with Crippen LogP contribution in [0, 0.1) is 11.8 Å². The summed E-state index contributed by atoms with van der Waals surface area (Å²) in [6.07, 6.45) is 3.62. The largest absolute Gasteiger partial charge is 0.486 e. The molecule has 1 aromatic heterocycles. The molecule has 0 bridgehead atoms. The average molecular weight is 354 g/mol. The number of rotatable bonds is 6. The number of ether oxygens (including phenoxy) is 2. The molecule has 6 heteroatoms. The molecule has 2 aliphatic rings. The molecule has 0 saturated heterocycles. The van der Waals surface area contributed by atoms with E-state index in [0.29, 0.717) is 18.9 Å². The van der Waals surface area contributed by atoms with E-state index in [0.717, 1.165) is 35.5 Å². The first-order valence-corrected chi connectivity index (χ1v) is 9.00. The Morgan fingerprint density at radius 2 is 2.19 bits per heavy atom. The molecule has 0 amide bonds. The first-order valence-electron chi connectivity index (χ1n) is 9.00. The standard InChI is InChI=1S/C20H22N2O4/c1-2-15-10-21-17-5-3-12(8-18(17)26-15)13-4-6-19(22-9-13)25-11-14-7-16(14)20(23)24/h3-6,8-9,14-16,21H,2,7,10-11H2,1H3,(H,23,24). The second-order valence-electron chi connectivity index (χ2n) is 6.88. The highest BCUT2D eigenvalue weighted by Crippen LogP contribution is 2.39. The molecule has 26 heavy (non-hydrogen) atoms. The van der Waals surface area contributed by atoms with E-state index in [1.165, 1.54) is 0 Å². The van der Waals surface area contributed by atoms with E-state index < -0.39 is 5.97 Å². The third-order valence-electron chi connectivity index (χ3n) is 5.01. The summed E-state index contributed by atoms with van der Waals surface area (Å²) < 4.78 is 11.6. The summed E-state index contributed by atoms with van der Waals surface area (Å²) in [7, 11) is 0. The van der Waals surface area contributed by atoms with E-state index in [4.69, 9.17) is 14.6 Å². The molecule has 136 valence electrons. The summed E-state index contributed by atoms with van der Waals surface area (Å²) in [5.74, 6) is 0.494. The molecule has 1 aromatic carbocycles. The Hall–Kier alpha value is -2.76. The lowest BCUT2D eigenvalue weighted by Gasteiger charge is -2.27. The first-order chi connectivity index (χ1) is 12.6. The molecule has 3 atom stereocenters. The van der Waals surface area contributed by atoms with Crippen molar-refractivity contribution in [2.24, 2.45) is 11.8 Å². The molecular weight excluding hydrogens is 332 g/mol. The quantitative estimate of drug-likeness (QED) is 0.827. The van der Waals surface area contributed by atoms with Gasteiger partial charge >= 0.3 is 5.97 Å². The van der Waals surface area contributed by atoms with Crippen molar-refractivity contribution in [3.8, 4) is 22.8 Å². The number of aromatic nitrogens is 1. The molecular formula is C20H22N2O4. The lowest BCUT2D eigenvalue weighted by Crippen LogP contribution is -2.29. The number of carbonyl (C=O) groups is 1. The van der Waals surface area contributed by atoms with Crippen LogP contribution in [0.25, 0.3) is 11.1 Å². The lowest BCUT2D eigenvalue weighted by molar-refractivity contribution is -0.138. The van der Waals surface area contributed by atoms with Crippen LogP contribution in [0.2, 0.25) is 0 Å². The van der Waals surface area contributed by atoms with Gasteiger partial charge in [-0.3, -0.25) is 4.79 Å². The van der Waals surface area contributed by atoms with Gasteiger partial charge in [-0.15, -0.1) is 0 Å². The van der Waals surface area contributed by atoms with Crippen LogP contribution in [-0.2, 0) is 4.79 Å². The minimum atomic E-state index is -0.740. The van der Waals surface area contributed by atoms with Crippen molar-refractivity contribution < 1.29 is 19.4 Å². The van der Waals surface area contributed by atoms with Crippen molar-refractivity contribution in [1.82, 2.24) is 4.98 Å². The molecule has 0 radical (unpaired) electrons. The van der Waals surface area contributed by atoms with Crippen molar-refractivity contribution >= 4 is 11.7 Å². The fourth-order valence-corrected chi connectivity index (χ4v) is 3.18. The number of aliphatic carboxylic acids is 1. The van der Waals surface area contributed by atoms with Gasteiger partial charge in [0.25, 0.3) is 0 Å². The highest BCUT2D eigenvalue weighted by molar-refractivity contribution is 5.73. The van der Waals surface area contributed by atoms with E-state index >= 15 is 0 Å². The molecule has 6 nitrogen and oxygen atoms in total. The zero-order chi connectivity index (χ0) is 18.1. The van der Waals surface area contributed by atoms with Crippen LogP contribution in [0.5, 0.6) is 11.6 Å². The molecule has 4 rings (SSSR count). The second-order valence-corrected chi connectivity index (χ2v) is 6.88. The maximum Gasteiger partial charge on any atom is 0.306 e. The Balaban J connectivity index is 1.41. The molecule has 1 saturated carbocycles. The number of fused-ring (bicyclic) bond motifs is 1. The molecule has 2 aromatic rings. The minimum Gasteiger partial charge on any atom is -0.486 e. The van der Waals surface area contributed by atoms with Gasteiger partial charge in [0.05, 0.1) is 24.8 Å². The van der Waals surface area contributed by atoms with Gasteiger partial charge in [0.1, 0.15) is 11.9 Å². The normalized spacial score (nSPS) is 23.3. The molecule has 3 unspecified atom stereocenters. The van der Waals surface area contributed by atoms with Crippen LogP contribution in [0.1, 0.15) is 19.8 Å². The number of nitrogens with one attached hydrogen (secondary N) is 1. The molecule has 1 aliphatic carbocycles. The maximum absolute atomic E-state index is 10.8.